The molecule has 0 fully saturated rings. The molecule has 0 aliphatic heterocycles. The summed E-state index contributed by atoms with van der Waals surface area (Å²) in [4.78, 5) is 4.02. The van der Waals surface area contributed by atoms with Crippen molar-refractivity contribution in [1.29, 1.82) is 0 Å². The highest BCUT2D eigenvalue weighted by molar-refractivity contribution is 7.90. The molecule has 154 valence electrons. The van der Waals surface area contributed by atoms with E-state index >= 15 is 0 Å². The molecule has 0 bridgehead atoms. The van der Waals surface area contributed by atoms with E-state index in [1.54, 1.807) is 12.1 Å². The number of benzene rings is 2. The Kier molecular flexibility index (Phi) is 6.06. The lowest BCUT2D eigenvalue weighted by molar-refractivity contribution is 0.0117. The topological polar surface area (TPSA) is 97.1 Å². The minimum atomic E-state index is -3.29. The van der Waals surface area contributed by atoms with E-state index in [0.29, 0.717) is 12.6 Å². The van der Waals surface area contributed by atoms with Gasteiger partial charge in [0.15, 0.2) is 9.84 Å². The van der Waals surface area contributed by atoms with E-state index in [0.717, 1.165) is 17.9 Å². The lowest BCUT2D eigenvalue weighted by atomic mass is 9.92. The quantitative estimate of drug-likeness (QED) is 0.573. The maximum absolute atomic E-state index is 14.4. The SMILES string of the molecule is CS(=O)(=O)c1ccc(CNCC(O)(Cn2cncn2)c2ccc(F)cc2F)cc1. The van der Waals surface area contributed by atoms with Crippen LogP contribution in [-0.2, 0) is 28.5 Å². The van der Waals surface area contributed by atoms with Crippen LogP contribution in [0.15, 0.2) is 60.0 Å². The Balaban J connectivity index is 1.76. The predicted molar refractivity (Wildman–Crippen MR) is 102 cm³/mol. The van der Waals surface area contributed by atoms with Gasteiger partial charge in [-0.3, -0.25) is 0 Å². The van der Waals surface area contributed by atoms with Crippen LogP contribution in [0.2, 0.25) is 0 Å². The predicted octanol–water partition coefficient (Wildman–Crippen LogP) is 1.64. The number of nitrogens with one attached hydrogen (secondary N) is 1. The number of nitrogens with zero attached hydrogens (tertiary/aromatic N) is 3. The molecule has 2 N–H and O–H groups in total. The molecule has 0 amide bonds. The summed E-state index contributed by atoms with van der Waals surface area (Å²) in [6, 6.07) is 9.28. The number of aromatic nitrogens is 3. The zero-order chi connectivity index (χ0) is 21.1. The van der Waals surface area contributed by atoms with Gasteiger partial charge in [0.1, 0.15) is 29.9 Å². The molecular formula is C19H20F2N4O3S. The summed E-state index contributed by atoms with van der Waals surface area (Å²) in [5, 5.41) is 18.1. The molecule has 0 spiro atoms. The van der Waals surface area contributed by atoms with Gasteiger partial charge in [0.05, 0.1) is 11.4 Å². The average molecular weight is 422 g/mol. The first-order chi connectivity index (χ1) is 13.7. The van der Waals surface area contributed by atoms with Crippen LogP contribution < -0.4 is 5.32 Å². The second-order valence-corrected chi connectivity index (χ2v) is 8.78. The van der Waals surface area contributed by atoms with Crippen LogP contribution in [0.1, 0.15) is 11.1 Å². The Morgan fingerprint density at radius 1 is 1.17 bits per heavy atom. The van der Waals surface area contributed by atoms with Crippen molar-refractivity contribution in [2.75, 3.05) is 12.8 Å². The van der Waals surface area contributed by atoms with Gasteiger partial charge in [-0.25, -0.2) is 26.9 Å². The van der Waals surface area contributed by atoms with Crippen LogP contribution >= 0.6 is 0 Å². The van der Waals surface area contributed by atoms with Gasteiger partial charge < -0.3 is 10.4 Å². The van der Waals surface area contributed by atoms with Crippen molar-refractivity contribution >= 4 is 9.84 Å². The van der Waals surface area contributed by atoms with Gasteiger partial charge in [-0.2, -0.15) is 5.10 Å². The zero-order valence-corrected chi connectivity index (χ0v) is 16.4. The third kappa shape index (κ3) is 5.22. The van der Waals surface area contributed by atoms with Gasteiger partial charge in [0, 0.05) is 31.0 Å². The number of hydrogen-bond donors (Lipinski definition) is 2. The smallest absolute Gasteiger partial charge is 0.175 e. The molecule has 0 saturated carbocycles. The van der Waals surface area contributed by atoms with Gasteiger partial charge in [-0.1, -0.05) is 18.2 Å². The number of sulfone groups is 1. The Morgan fingerprint density at radius 3 is 2.48 bits per heavy atom. The van der Waals surface area contributed by atoms with E-state index < -0.39 is 27.1 Å². The molecule has 1 heterocycles. The van der Waals surface area contributed by atoms with Gasteiger partial charge in [-0.05, 0) is 23.8 Å². The fourth-order valence-electron chi connectivity index (χ4n) is 2.95. The first-order valence-corrected chi connectivity index (χ1v) is 10.6. The normalized spacial score (nSPS) is 13.9. The molecule has 0 saturated heterocycles. The summed E-state index contributed by atoms with van der Waals surface area (Å²) in [6.07, 6.45) is 3.80. The summed E-state index contributed by atoms with van der Waals surface area (Å²) in [5.74, 6) is -1.61. The molecule has 7 nitrogen and oxygen atoms in total. The van der Waals surface area contributed by atoms with E-state index in [1.165, 1.54) is 35.5 Å². The molecule has 3 rings (SSSR count). The Morgan fingerprint density at radius 2 is 1.90 bits per heavy atom. The van der Waals surface area contributed by atoms with E-state index in [2.05, 4.69) is 15.4 Å². The molecule has 0 aliphatic rings. The van der Waals surface area contributed by atoms with Crippen LogP contribution in [0.4, 0.5) is 8.78 Å². The van der Waals surface area contributed by atoms with E-state index in [-0.39, 0.29) is 23.5 Å². The minimum absolute atomic E-state index is 0.0662. The van der Waals surface area contributed by atoms with Crippen LogP contribution in [-0.4, -0.2) is 41.1 Å². The lowest BCUT2D eigenvalue weighted by Gasteiger charge is -2.29. The standard InChI is InChI=1S/C19H20F2N4O3S/c1-29(27,28)16-5-2-14(3-6-16)9-22-10-19(26,11-25-13-23-12-24-25)17-7-4-15(20)8-18(17)21/h2-8,12-13,22,26H,9-11H2,1H3. The van der Waals surface area contributed by atoms with Gasteiger partial charge in [-0.15, -0.1) is 0 Å². The maximum atomic E-state index is 14.4. The lowest BCUT2D eigenvalue weighted by Crippen LogP contribution is -2.42. The maximum Gasteiger partial charge on any atom is 0.175 e. The summed E-state index contributed by atoms with van der Waals surface area (Å²) in [7, 11) is -3.29. The van der Waals surface area contributed by atoms with Crippen LogP contribution in [0.5, 0.6) is 0 Å². The monoisotopic (exact) mass is 422 g/mol. The summed E-state index contributed by atoms with van der Waals surface area (Å²) in [6.45, 7) is 0.130. The van der Waals surface area contributed by atoms with Crippen molar-refractivity contribution in [3.05, 3.63) is 77.9 Å². The van der Waals surface area contributed by atoms with E-state index in [4.69, 9.17) is 0 Å². The molecule has 0 aliphatic carbocycles. The van der Waals surface area contributed by atoms with Crippen molar-refractivity contribution in [3.8, 4) is 0 Å². The highest BCUT2D eigenvalue weighted by Crippen LogP contribution is 2.26. The summed E-state index contributed by atoms with van der Waals surface area (Å²) < 4.78 is 52.1. The Bertz CT molecular complexity index is 1070. The van der Waals surface area contributed by atoms with Crippen LogP contribution in [0.25, 0.3) is 0 Å². The summed E-state index contributed by atoms with van der Waals surface area (Å²) >= 11 is 0. The minimum Gasteiger partial charge on any atom is -0.382 e. The highest BCUT2D eigenvalue weighted by atomic mass is 32.2. The summed E-state index contributed by atoms with van der Waals surface area (Å²) in [5.41, 5.74) is -1.02. The van der Waals surface area contributed by atoms with Crippen molar-refractivity contribution in [3.63, 3.8) is 0 Å². The first kappa shape index (κ1) is 21.0. The third-order valence-electron chi connectivity index (χ3n) is 4.42. The van der Waals surface area contributed by atoms with Crippen molar-refractivity contribution in [1.82, 2.24) is 20.1 Å². The van der Waals surface area contributed by atoms with Crippen molar-refractivity contribution in [2.24, 2.45) is 0 Å². The fraction of sp³-hybridized carbons (Fsp3) is 0.263. The second kappa shape index (κ2) is 8.36. The van der Waals surface area contributed by atoms with E-state index in [1.807, 2.05) is 0 Å². The Labute approximate surface area is 166 Å². The van der Waals surface area contributed by atoms with Gasteiger partial charge >= 0.3 is 0 Å². The van der Waals surface area contributed by atoms with Crippen LogP contribution in [0.3, 0.4) is 0 Å². The average Bonchev–Trinajstić information content (AvgIpc) is 3.14. The third-order valence-corrected chi connectivity index (χ3v) is 5.55. The molecule has 1 unspecified atom stereocenters. The molecule has 0 radical (unpaired) electrons. The molecular weight excluding hydrogens is 402 g/mol. The van der Waals surface area contributed by atoms with Crippen molar-refractivity contribution in [2.45, 2.75) is 23.6 Å². The number of rotatable bonds is 8. The van der Waals surface area contributed by atoms with E-state index in [9.17, 15) is 22.3 Å². The number of aliphatic hydroxyl groups is 1. The zero-order valence-electron chi connectivity index (χ0n) is 15.6. The first-order valence-electron chi connectivity index (χ1n) is 8.67. The largest absolute Gasteiger partial charge is 0.382 e. The molecule has 3 aromatic rings. The second-order valence-electron chi connectivity index (χ2n) is 6.77. The molecule has 29 heavy (non-hydrogen) atoms. The van der Waals surface area contributed by atoms with Crippen molar-refractivity contribution < 1.29 is 22.3 Å². The van der Waals surface area contributed by atoms with Crippen LogP contribution in [0, 0.1) is 11.6 Å². The molecule has 10 heteroatoms. The molecule has 1 aromatic heterocycles. The van der Waals surface area contributed by atoms with Gasteiger partial charge in [0.25, 0.3) is 0 Å². The van der Waals surface area contributed by atoms with Gasteiger partial charge in [0.2, 0.25) is 0 Å². The number of hydrogen-bond acceptors (Lipinski definition) is 6. The highest BCUT2D eigenvalue weighted by Gasteiger charge is 2.33. The molecule has 1 atom stereocenters. The number of halogens is 2. The molecule has 2 aromatic carbocycles. The Hall–Kier alpha value is -2.69. The fourth-order valence-corrected chi connectivity index (χ4v) is 3.58.